The molecule has 1 N–H and O–H groups in total. The van der Waals surface area contributed by atoms with Gasteiger partial charge in [-0.15, -0.1) is 0 Å². The Balaban J connectivity index is 1.56. The van der Waals surface area contributed by atoms with Gasteiger partial charge in [-0.25, -0.2) is 4.98 Å². The van der Waals surface area contributed by atoms with Gasteiger partial charge in [0.1, 0.15) is 5.15 Å². The van der Waals surface area contributed by atoms with Crippen LogP contribution in [0.2, 0.25) is 5.15 Å². The lowest BCUT2D eigenvalue weighted by atomic mass is 10.1. The molecule has 1 aliphatic heterocycles. The first kappa shape index (κ1) is 16.0. The summed E-state index contributed by atoms with van der Waals surface area (Å²) in [6.07, 6.45) is 6.12. The molecular weight excluding hydrogens is 316 g/mol. The molecule has 0 aromatic carbocycles. The third-order valence-electron chi connectivity index (χ3n) is 3.84. The fraction of sp³-hybridized carbons (Fsp3) is 0.438. The van der Waals surface area contributed by atoms with Crippen LogP contribution in [0.5, 0.6) is 0 Å². The van der Waals surface area contributed by atoms with Gasteiger partial charge in [0, 0.05) is 18.5 Å². The van der Waals surface area contributed by atoms with E-state index in [1.807, 2.05) is 19.2 Å². The van der Waals surface area contributed by atoms with Gasteiger partial charge in [0.25, 0.3) is 0 Å². The van der Waals surface area contributed by atoms with E-state index in [0.717, 1.165) is 37.3 Å². The number of hydrogen-bond donors (Lipinski definition) is 1. The Morgan fingerprint density at radius 3 is 3.13 bits per heavy atom. The average Bonchev–Trinajstić information content (AvgIpc) is 3.15. The lowest BCUT2D eigenvalue weighted by Gasteiger charge is -2.08. The third kappa shape index (κ3) is 4.30. The zero-order valence-corrected chi connectivity index (χ0v) is 13.7. The highest BCUT2D eigenvalue weighted by Crippen LogP contribution is 2.16. The molecule has 23 heavy (non-hydrogen) atoms. The van der Waals surface area contributed by atoms with Crippen molar-refractivity contribution in [3.05, 3.63) is 40.9 Å². The zero-order valence-electron chi connectivity index (χ0n) is 13.0. The highest BCUT2D eigenvalue weighted by molar-refractivity contribution is 6.29. The van der Waals surface area contributed by atoms with Crippen molar-refractivity contribution in [1.29, 1.82) is 0 Å². The number of nitrogens with zero attached hydrogens (tertiary/aromatic N) is 3. The lowest BCUT2D eigenvalue weighted by Crippen LogP contribution is -2.16. The topological polar surface area (TPSA) is 69.0 Å². The van der Waals surface area contributed by atoms with E-state index >= 15 is 0 Å². The van der Waals surface area contributed by atoms with Crippen LogP contribution in [-0.4, -0.2) is 33.4 Å². The van der Waals surface area contributed by atoms with Crippen molar-refractivity contribution in [2.24, 2.45) is 0 Å². The number of aryl methyl sites for hydroxylation is 1. The van der Waals surface area contributed by atoms with E-state index < -0.39 is 0 Å². The minimum atomic E-state index is -0.103. The number of anilines is 1. The van der Waals surface area contributed by atoms with E-state index in [9.17, 15) is 4.79 Å². The van der Waals surface area contributed by atoms with Gasteiger partial charge >= 0.3 is 0 Å². The molecule has 1 saturated heterocycles. The number of nitrogens with one attached hydrogen (secondary N) is 1. The maximum Gasteiger partial charge on any atom is 0.228 e. The van der Waals surface area contributed by atoms with Crippen LogP contribution in [-0.2, 0) is 22.5 Å². The predicted octanol–water partition coefficient (Wildman–Crippen LogP) is 2.60. The number of rotatable bonds is 5. The number of aromatic nitrogens is 3. The monoisotopic (exact) mass is 334 g/mol. The summed E-state index contributed by atoms with van der Waals surface area (Å²) in [5.74, 6) is -0.103. The largest absolute Gasteiger partial charge is 0.376 e. The molecule has 3 rings (SSSR count). The van der Waals surface area contributed by atoms with Gasteiger partial charge < -0.3 is 10.1 Å². The van der Waals surface area contributed by atoms with E-state index in [-0.39, 0.29) is 18.4 Å². The molecule has 1 unspecified atom stereocenters. The van der Waals surface area contributed by atoms with E-state index in [4.69, 9.17) is 16.3 Å². The Bertz CT molecular complexity index is 695. The van der Waals surface area contributed by atoms with Gasteiger partial charge in [0.05, 0.1) is 31.0 Å². The van der Waals surface area contributed by atoms with Gasteiger partial charge in [-0.2, -0.15) is 5.10 Å². The van der Waals surface area contributed by atoms with Crippen molar-refractivity contribution in [2.45, 2.75) is 38.8 Å². The maximum atomic E-state index is 12.1. The van der Waals surface area contributed by atoms with E-state index in [1.54, 1.807) is 16.9 Å². The van der Waals surface area contributed by atoms with Crippen molar-refractivity contribution in [3.8, 4) is 0 Å². The van der Waals surface area contributed by atoms with Crippen LogP contribution in [0.4, 0.5) is 5.69 Å². The van der Waals surface area contributed by atoms with Crippen molar-refractivity contribution in [1.82, 2.24) is 14.8 Å². The second kappa shape index (κ2) is 7.10. The minimum Gasteiger partial charge on any atom is -0.376 e. The van der Waals surface area contributed by atoms with Crippen LogP contribution in [0.3, 0.4) is 0 Å². The molecule has 0 saturated carbocycles. The number of carbonyl (C=O) groups is 1. The number of amides is 1. The van der Waals surface area contributed by atoms with Crippen LogP contribution in [0, 0.1) is 6.92 Å². The third-order valence-corrected chi connectivity index (χ3v) is 4.05. The summed E-state index contributed by atoms with van der Waals surface area (Å²) in [6, 6.07) is 3.52. The Morgan fingerprint density at radius 1 is 1.52 bits per heavy atom. The number of pyridine rings is 1. The standard InChI is InChI=1S/C16H19ClN4O2/c1-11-12(4-5-15(17)19-11)7-16(22)20-13-8-18-21(9-13)10-14-3-2-6-23-14/h4-5,8-9,14H,2-3,6-7,10H2,1H3,(H,20,22). The first-order valence-electron chi connectivity index (χ1n) is 7.66. The first-order chi connectivity index (χ1) is 11.1. The Morgan fingerprint density at radius 2 is 2.39 bits per heavy atom. The molecule has 0 aliphatic carbocycles. The molecule has 1 amide bonds. The summed E-state index contributed by atoms with van der Waals surface area (Å²) < 4.78 is 7.39. The lowest BCUT2D eigenvalue weighted by molar-refractivity contribution is -0.115. The second-order valence-corrected chi connectivity index (χ2v) is 6.08. The molecule has 1 aliphatic rings. The molecule has 3 heterocycles. The fourth-order valence-electron chi connectivity index (χ4n) is 2.65. The van der Waals surface area contributed by atoms with Crippen LogP contribution in [0.15, 0.2) is 24.5 Å². The smallest absolute Gasteiger partial charge is 0.228 e. The maximum absolute atomic E-state index is 12.1. The molecule has 7 heteroatoms. The zero-order chi connectivity index (χ0) is 16.2. The van der Waals surface area contributed by atoms with Gasteiger partial charge in [-0.05, 0) is 31.4 Å². The molecule has 122 valence electrons. The van der Waals surface area contributed by atoms with Crippen molar-refractivity contribution in [3.63, 3.8) is 0 Å². The minimum absolute atomic E-state index is 0.103. The second-order valence-electron chi connectivity index (χ2n) is 5.69. The average molecular weight is 335 g/mol. The van der Waals surface area contributed by atoms with Gasteiger partial charge in [0.15, 0.2) is 0 Å². The van der Waals surface area contributed by atoms with E-state index in [0.29, 0.717) is 10.8 Å². The van der Waals surface area contributed by atoms with Crippen LogP contribution in [0.1, 0.15) is 24.1 Å². The molecule has 0 radical (unpaired) electrons. The predicted molar refractivity (Wildman–Crippen MR) is 87.5 cm³/mol. The van der Waals surface area contributed by atoms with Crippen molar-refractivity contribution in [2.75, 3.05) is 11.9 Å². The summed E-state index contributed by atoms with van der Waals surface area (Å²) in [7, 11) is 0. The molecule has 6 nitrogen and oxygen atoms in total. The number of halogens is 1. The summed E-state index contributed by atoms with van der Waals surface area (Å²) in [6.45, 7) is 3.38. The molecule has 2 aromatic heterocycles. The summed E-state index contributed by atoms with van der Waals surface area (Å²) in [5, 5.41) is 7.55. The van der Waals surface area contributed by atoms with E-state index in [1.165, 1.54) is 0 Å². The molecular formula is C16H19ClN4O2. The highest BCUT2D eigenvalue weighted by atomic mass is 35.5. The van der Waals surface area contributed by atoms with Crippen molar-refractivity contribution < 1.29 is 9.53 Å². The number of hydrogen-bond acceptors (Lipinski definition) is 4. The number of carbonyl (C=O) groups excluding carboxylic acids is 1. The van der Waals surface area contributed by atoms with Gasteiger partial charge in [0.2, 0.25) is 5.91 Å². The van der Waals surface area contributed by atoms with Crippen molar-refractivity contribution >= 4 is 23.2 Å². The molecule has 0 spiro atoms. The first-order valence-corrected chi connectivity index (χ1v) is 8.04. The Hall–Kier alpha value is -1.92. The molecule has 2 aromatic rings. The van der Waals surface area contributed by atoms with Gasteiger partial charge in [-0.1, -0.05) is 17.7 Å². The Kier molecular flexibility index (Phi) is 4.93. The molecule has 1 fully saturated rings. The summed E-state index contributed by atoms with van der Waals surface area (Å²) in [5.41, 5.74) is 2.31. The Labute approximate surface area is 139 Å². The quantitative estimate of drug-likeness (QED) is 0.853. The van der Waals surface area contributed by atoms with Crippen LogP contribution in [0.25, 0.3) is 0 Å². The summed E-state index contributed by atoms with van der Waals surface area (Å²) >= 11 is 5.82. The van der Waals surface area contributed by atoms with E-state index in [2.05, 4.69) is 15.4 Å². The van der Waals surface area contributed by atoms with Crippen LogP contribution < -0.4 is 5.32 Å². The fourth-order valence-corrected chi connectivity index (χ4v) is 2.84. The molecule has 0 bridgehead atoms. The summed E-state index contributed by atoms with van der Waals surface area (Å²) in [4.78, 5) is 16.3. The van der Waals surface area contributed by atoms with Crippen LogP contribution >= 0.6 is 11.6 Å². The highest BCUT2D eigenvalue weighted by Gasteiger charge is 2.16. The van der Waals surface area contributed by atoms with Gasteiger partial charge in [-0.3, -0.25) is 9.48 Å². The molecule has 1 atom stereocenters. The normalized spacial score (nSPS) is 17.4. The number of ether oxygens (including phenoxy) is 1. The SMILES string of the molecule is Cc1nc(Cl)ccc1CC(=O)Nc1cnn(CC2CCCO2)c1.